The number of nitrogens with zero attached hydrogens (tertiary/aromatic N) is 2. The highest BCUT2D eigenvalue weighted by Crippen LogP contribution is 2.34. The summed E-state index contributed by atoms with van der Waals surface area (Å²) in [6, 6.07) is 20.3. The van der Waals surface area contributed by atoms with Gasteiger partial charge in [0.1, 0.15) is 11.6 Å². The van der Waals surface area contributed by atoms with E-state index in [0.717, 1.165) is 46.5 Å². The molecule has 0 saturated carbocycles. The summed E-state index contributed by atoms with van der Waals surface area (Å²) in [6.45, 7) is 0.767. The average Bonchev–Trinajstić information content (AvgIpc) is 3.47. The molecule has 1 aliphatic heterocycles. The first kappa shape index (κ1) is 17.2. The largest absolute Gasteiger partial charge is 0.438 e. The second-order valence-corrected chi connectivity index (χ2v) is 8.13. The topological polar surface area (TPSA) is 46.3 Å². The number of likely N-dealkylation sites (tertiary alicyclic amines) is 1. The SMILES string of the molecule is O=C(Cc1cccs1)N1CCC[C@@H]1c1nc2cc(-c3ccccc3)ccc2o1. The van der Waals surface area contributed by atoms with E-state index in [0.29, 0.717) is 12.3 Å². The smallest absolute Gasteiger partial charge is 0.228 e. The van der Waals surface area contributed by atoms with Crippen molar-refractivity contribution in [1.29, 1.82) is 0 Å². The lowest BCUT2D eigenvalue weighted by molar-refractivity contribution is -0.131. The van der Waals surface area contributed by atoms with Crippen LogP contribution in [0.2, 0.25) is 0 Å². The molecular formula is C23H20N2O2S. The molecule has 2 aromatic heterocycles. The van der Waals surface area contributed by atoms with E-state index in [2.05, 4.69) is 24.3 Å². The fourth-order valence-electron chi connectivity index (χ4n) is 3.88. The summed E-state index contributed by atoms with van der Waals surface area (Å²) in [5.41, 5.74) is 3.88. The molecule has 0 bridgehead atoms. The molecule has 1 amide bonds. The monoisotopic (exact) mass is 388 g/mol. The molecule has 5 rings (SSSR count). The minimum Gasteiger partial charge on any atom is -0.438 e. The number of aromatic nitrogens is 1. The van der Waals surface area contributed by atoms with Gasteiger partial charge in [-0.2, -0.15) is 0 Å². The third-order valence-corrected chi connectivity index (χ3v) is 6.15. The lowest BCUT2D eigenvalue weighted by atomic mass is 10.1. The highest BCUT2D eigenvalue weighted by atomic mass is 32.1. The average molecular weight is 388 g/mol. The van der Waals surface area contributed by atoms with Crippen LogP contribution in [0, 0.1) is 0 Å². The van der Waals surface area contributed by atoms with Crippen molar-refractivity contribution >= 4 is 28.3 Å². The summed E-state index contributed by atoms with van der Waals surface area (Å²) in [6.07, 6.45) is 2.33. The third-order valence-electron chi connectivity index (χ3n) is 5.27. The normalized spacial score (nSPS) is 16.7. The van der Waals surface area contributed by atoms with Gasteiger partial charge in [-0.3, -0.25) is 4.79 Å². The molecule has 0 spiro atoms. The number of hydrogen-bond donors (Lipinski definition) is 0. The van der Waals surface area contributed by atoms with E-state index in [1.54, 1.807) is 11.3 Å². The zero-order valence-electron chi connectivity index (χ0n) is 15.4. The van der Waals surface area contributed by atoms with Crippen molar-refractivity contribution < 1.29 is 9.21 Å². The van der Waals surface area contributed by atoms with E-state index >= 15 is 0 Å². The Balaban J connectivity index is 1.42. The number of fused-ring (bicyclic) bond motifs is 1. The summed E-state index contributed by atoms with van der Waals surface area (Å²) in [5, 5.41) is 2.01. The molecule has 3 heterocycles. The Labute approximate surface area is 167 Å². The van der Waals surface area contributed by atoms with Crippen LogP contribution in [-0.4, -0.2) is 22.3 Å². The van der Waals surface area contributed by atoms with Gasteiger partial charge in [0.2, 0.25) is 11.8 Å². The second-order valence-electron chi connectivity index (χ2n) is 7.10. The molecule has 4 nitrogen and oxygen atoms in total. The number of benzene rings is 2. The number of oxazole rings is 1. The van der Waals surface area contributed by atoms with E-state index in [1.165, 1.54) is 0 Å². The molecule has 1 fully saturated rings. The van der Waals surface area contributed by atoms with Gasteiger partial charge >= 0.3 is 0 Å². The molecule has 0 aliphatic carbocycles. The Morgan fingerprint density at radius 3 is 2.82 bits per heavy atom. The minimum absolute atomic E-state index is 0.0694. The highest BCUT2D eigenvalue weighted by Gasteiger charge is 2.33. The molecule has 2 aromatic carbocycles. The van der Waals surface area contributed by atoms with Crippen LogP contribution >= 0.6 is 11.3 Å². The van der Waals surface area contributed by atoms with Crippen molar-refractivity contribution in [1.82, 2.24) is 9.88 Å². The van der Waals surface area contributed by atoms with Gasteiger partial charge in [0.15, 0.2) is 5.58 Å². The molecule has 1 saturated heterocycles. The molecule has 0 radical (unpaired) electrons. The predicted octanol–water partition coefficient (Wildman–Crippen LogP) is 5.46. The van der Waals surface area contributed by atoms with Crippen molar-refractivity contribution in [3.8, 4) is 11.1 Å². The van der Waals surface area contributed by atoms with Crippen molar-refractivity contribution in [2.45, 2.75) is 25.3 Å². The Morgan fingerprint density at radius 2 is 2.00 bits per heavy atom. The number of hydrogen-bond acceptors (Lipinski definition) is 4. The standard InChI is InChI=1S/C23H20N2O2S/c26-22(15-18-8-5-13-28-18)25-12-4-9-20(25)23-24-19-14-17(10-11-21(19)27-23)16-6-2-1-3-7-16/h1-3,5-8,10-11,13-14,20H,4,9,12,15H2/t20-/m1/s1. The van der Waals surface area contributed by atoms with E-state index in [9.17, 15) is 4.79 Å². The van der Waals surface area contributed by atoms with Crippen LogP contribution in [0.4, 0.5) is 0 Å². The van der Waals surface area contributed by atoms with Crippen molar-refractivity contribution in [3.05, 3.63) is 76.8 Å². The van der Waals surface area contributed by atoms with Gasteiger partial charge in [0.25, 0.3) is 0 Å². The van der Waals surface area contributed by atoms with Crippen molar-refractivity contribution in [3.63, 3.8) is 0 Å². The Kier molecular flexibility index (Phi) is 4.45. The van der Waals surface area contributed by atoms with Gasteiger partial charge in [-0.1, -0.05) is 42.5 Å². The van der Waals surface area contributed by atoms with Crippen LogP contribution in [0.25, 0.3) is 22.2 Å². The zero-order chi connectivity index (χ0) is 18.9. The number of carbonyl (C=O) groups excluding carboxylic acids is 1. The van der Waals surface area contributed by atoms with E-state index < -0.39 is 0 Å². The van der Waals surface area contributed by atoms with Gasteiger partial charge in [-0.05, 0) is 47.5 Å². The molecule has 140 valence electrons. The van der Waals surface area contributed by atoms with Gasteiger partial charge in [-0.25, -0.2) is 4.98 Å². The van der Waals surface area contributed by atoms with E-state index in [-0.39, 0.29) is 11.9 Å². The first-order chi connectivity index (χ1) is 13.8. The summed E-state index contributed by atoms with van der Waals surface area (Å²) >= 11 is 1.62. The Morgan fingerprint density at radius 1 is 1.11 bits per heavy atom. The minimum atomic E-state index is -0.0694. The zero-order valence-corrected chi connectivity index (χ0v) is 16.2. The van der Waals surface area contributed by atoms with Gasteiger partial charge in [0.05, 0.1) is 6.42 Å². The van der Waals surface area contributed by atoms with Crippen LogP contribution in [0.1, 0.15) is 29.7 Å². The quantitative estimate of drug-likeness (QED) is 0.466. The molecule has 1 aliphatic rings. The van der Waals surface area contributed by atoms with Gasteiger partial charge in [-0.15, -0.1) is 11.3 Å². The van der Waals surface area contributed by atoms with E-state index in [1.807, 2.05) is 46.7 Å². The molecule has 4 aromatic rings. The number of rotatable bonds is 4. The van der Waals surface area contributed by atoms with Crippen LogP contribution < -0.4 is 0 Å². The van der Waals surface area contributed by atoms with Crippen LogP contribution in [-0.2, 0) is 11.2 Å². The summed E-state index contributed by atoms with van der Waals surface area (Å²) in [7, 11) is 0. The fraction of sp³-hybridized carbons (Fsp3) is 0.217. The number of thiophene rings is 1. The third kappa shape index (κ3) is 3.22. The van der Waals surface area contributed by atoms with Crippen LogP contribution in [0.3, 0.4) is 0 Å². The van der Waals surface area contributed by atoms with Gasteiger partial charge in [0, 0.05) is 11.4 Å². The first-order valence-corrected chi connectivity index (χ1v) is 10.4. The lowest BCUT2D eigenvalue weighted by Crippen LogP contribution is -2.31. The predicted molar refractivity (Wildman–Crippen MR) is 111 cm³/mol. The van der Waals surface area contributed by atoms with Crippen LogP contribution in [0.15, 0.2) is 70.5 Å². The van der Waals surface area contributed by atoms with Crippen molar-refractivity contribution in [2.24, 2.45) is 0 Å². The second kappa shape index (κ2) is 7.24. The fourth-order valence-corrected chi connectivity index (χ4v) is 4.58. The first-order valence-electron chi connectivity index (χ1n) is 9.56. The maximum Gasteiger partial charge on any atom is 0.228 e. The van der Waals surface area contributed by atoms with Gasteiger partial charge < -0.3 is 9.32 Å². The summed E-state index contributed by atoms with van der Waals surface area (Å²) in [5.74, 6) is 0.800. The Bertz CT molecular complexity index is 1100. The summed E-state index contributed by atoms with van der Waals surface area (Å²) in [4.78, 5) is 20.6. The highest BCUT2D eigenvalue weighted by molar-refractivity contribution is 7.10. The van der Waals surface area contributed by atoms with Crippen LogP contribution in [0.5, 0.6) is 0 Å². The molecule has 5 heteroatoms. The Hall–Kier alpha value is -2.92. The number of carbonyl (C=O) groups is 1. The molecule has 0 N–H and O–H groups in total. The summed E-state index contributed by atoms with van der Waals surface area (Å²) < 4.78 is 6.06. The molecule has 1 atom stereocenters. The molecule has 0 unspecified atom stereocenters. The van der Waals surface area contributed by atoms with Crippen molar-refractivity contribution in [2.75, 3.05) is 6.54 Å². The number of amides is 1. The van der Waals surface area contributed by atoms with E-state index in [4.69, 9.17) is 9.40 Å². The lowest BCUT2D eigenvalue weighted by Gasteiger charge is -2.22. The molecule has 28 heavy (non-hydrogen) atoms. The molecular weight excluding hydrogens is 368 g/mol. The maximum atomic E-state index is 12.8. The maximum absolute atomic E-state index is 12.8.